The van der Waals surface area contributed by atoms with E-state index in [2.05, 4.69) is 26.0 Å². The number of rotatable bonds is 10. The summed E-state index contributed by atoms with van der Waals surface area (Å²) in [6, 6.07) is 24.2. The zero-order chi connectivity index (χ0) is 43.2. The molecule has 0 saturated heterocycles. The number of allylic oxidation sites excluding steroid dienone is 4. The summed E-state index contributed by atoms with van der Waals surface area (Å²) in [4.78, 5) is 31.5. The van der Waals surface area contributed by atoms with Gasteiger partial charge in [-0.3, -0.25) is 9.59 Å². The van der Waals surface area contributed by atoms with Crippen molar-refractivity contribution in [3.8, 4) is 11.5 Å². The highest BCUT2D eigenvalue weighted by Gasteiger charge is 2.74. The van der Waals surface area contributed by atoms with Crippen LogP contribution in [0.15, 0.2) is 109 Å². The van der Waals surface area contributed by atoms with Crippen molar-refractivity contribution in [2.75, 3.05) is 20.8 Å². The maximum atomic E-state index is 15.0. The van der Waals surface area contributed by atoms with E-state index in [4.69, 9.17) is 9.47 Å². The number of aliphatic hydroxyl groups excluding tert-OH is 1. The molecule has 8 atom stereocenters. The van der Waals surface area contributed by atoms with E-state index in [9.17, 15) is 28.2 Å². The minimum atomic E-state index is -4.62. The van der Waals surface area contributed by atoms with E-state index >= 15 is 4.79 Å². The summed E-state index contributed by atoms with van der Waals surface area (Å²) in [5, 5.41) is 26.5. The van der Waals surface area contributed by atoms with E-state index in [1.807, 2.05) is 54.6 Å². The zero-order valence-corrected chi connectivity index (χ0v) is 35.2. The minimum absolute atomic E-state index is 0.0211. The molecular weight excluding hydrogens is 780 g/mol. The molecule has 1 amide bonds. The predicted octanol–water partition coefficient (Wildman–Crippen LogP) is 9.92. The molecule has 8 unspecified atom stereocenters. The van der Waals surface area contributed by atoms with Gasteiger partial charge in [0.2, 0.25) is 5.91 Å². The van der Waals surface area contributed by atoms with E-state index in [1.54, 1.807) is 31.3 Å². The summed E-state index contributed by atoms with van der Waals surface area (Å²) in [6.07, 6.45) is 5.24. The number of hydrogen-bond acceptors (Lipinski definition) is 6. The van der Waals surface area contributed by atoms with E-state index in [0.717, 1.165) is 40.5 Å². The normalized spacial score (nSPS) is 32.4. The van der Waals surface area contributed by atoms with Crippen LogP contribution in [0.25, 0.3) is 10.8 Å². The number of ketones is 1. The largest absolute Gasteiger partial charge is 0.493 e. The summed E-state index contributed by atoms with van der Waals surface area (Å²) in [5.74, 6) is 0.145. The van der Waals surface area contributed by atoms with Crippen molar-refractivity contribution in [3.05, 3.63) is 131 Å². The van der Waals surface area contributed by atoms with Gasteiger partial charge in [-0.25, -0.2) is 0 Å². The molecule has 6 aliphatic carbocycles. The maximum Gasteiger partial charge on any atom is 0.416 e. The Balaban J connectivity index is 1.12. The van der Waals surface area contributed by atoms with Gasteiger partial charge in [0.15, 0.2) is 17.3 Å². The Morgan fingerprint density at radius 3 is 2.30 bits per heavy atom. The second-order valence-electron chi connectivity index (χ2n) is 19.0. The number of nitrogens with zero attached hydrogens (tertiary/aromatic N) is 1. The topological polar surface area (TPSA) is 96.3 Å². The first-order valence-corrected chi connectivity index (χ1v) is 21.5. The number of benzene rings is 4. The molecule has 0 aromatic heterocycles. The van der Waals surface area contributed by atoms with Crippen molar-refractivity contribution >= 4 is 22.5 Å². The first kappa shape index (κ1) is 41.4. The molecule has 3 fully saturated rings. The molecule has 2 bridgehead atoms. The molecule has 4 aromatic rings. The second-order valence-corrected chi connectivity index (χ2v) is 19.0. The average molecular weight is 834 g/mol. The molecule has 61 heavy (non-hydrogen) atoms. The number of carbonyl (C=O) groups is 2. The molecule has 7 nitrogen and oxygen atoms in total. The van der Waals surface area contributed by atoms with Crippen LogP contribution in [0.5, 0.6) is 11.5 Å². The van der Waals surface area contributed by atoms with Crippen LogP contribution in [-0.4, -0.2) is 59.3 Å². The number of aliphatic hydroxyl groups is 2. The lowest BCUT2D eigenvalue weighted by Crippen LogP contribution is -2.67. The van der Waals surface area contributed by atoms with Gasteiger partial charge in [0.25, 0.3) is 0 Å². The summed E-state index contributed by atoms with van der Waals surface area (Å²) in [7, 11) is 3.11. The van der Waals surface area contributed by atoms with Crippen molar-refractivity contribution in [3.63, 3.8) is 0 Å². The zero-order valence-electron chi connectivity index (χ0n) is 35.2. The van der Waals surface area contributed by atoms with Crippen LogP contribution < -0.4 is 9.47 Å². The highest BCUT2D eigenvalue weighted by Crippen LogP contribution is 2.78. The lowest BCUT2D eigenvalue weighted by atomic mass is 9.32. The monoisotopic (exact) mass is 833 g/mol. The van der Waals surface area contributed by atoms with E-state index in [-0.39, 0.29) is 48.2 Å². The molecule has 4 aromatic carbocycles. The van der Waals surface area contributed by atoms with Gasteiger partial charge >= 0.3 is 6.18 Å². The number of amides is 1. The number of fused-ring (bicyclic) bond motifs is 2. The number of ether oxygens (including phenoxy) is 2. The van der Waals surface area contributed by atoms with Crippen LogP contribution in [-0.2, 0) is 23.9 Å². The Hall–Kier alpha value is -4.93. The Labute approximate surface area is 355 Å². The van der Waals surface area contributed by atoms with Crippen molar-refractivity contribution < 1.29 is 42.4 Å². The first-order valence-electron chi connectivity index (χ1n) is 21.5. The van der Waals surface area contributed by atoms with Gasteiger partial charge in [0.05, 0.1) is 44.5 Å². The Kier molecular flexibility index (Phi) is 9.90. The van der Waals surface area contributed by atoms with Gasteiger partial charge < -0.3 is 24.6 Å². The molecule has 320 valence electrons. The molecular formula is C51H54F3NO6. The van der Waals surface area contributed by atoms with Gasteiger partial charge in [-0.15, -0.1) is 0 Å². The fourth-order valence-electron chi connectivity index (χ4n) is 13.1. The van der Waals surface area contributed by atoms with Crippen LogP contribution in [0.1, 0.15) is 85.8 Å². The molecule has 10 rings (SSSR count). The standard InChI is InChI=1S/C51H54F3NO6/c1-46-20-17-37(56)28-48(46)23-24-50(39(29-48)45(58)34-11-8-13-36(27-34)51(52,53)54)42(46)18-21-47(2)43(50)19-22-49(47,59)31-55(30-35-12-7-10-33-9-5-6-14-38(33)35)44(57)26-32-15-16-40(60-3)41(25-32)61-4/h5-16,23-25,27,29,37,42-43,56,59H,17-22,26,28,30-31H2,1-4H3. The third-order valence-electron chi connectivity index (χ3n) is 16.3. The van der Waals surface area contributed by atoms with Gasteiger partial charge in [0, 0.05) is 33.9 Å². The van der Waals surface area contributed by atoms with Crippen molar-refractivity contribution in [1.82, 2.24) is 4.90 Å². The number of halogens is 3. The lowest BCUT2D eigenvalue weighted by molar-refractivity contribution is -0.178. The van der Waals surface area contributed by atoms with Gasteiger partial charge in [-0.2, -0.15) is 13.2 Å². The molecule has 0 heterocycles. The molecule has 10 heteroatoms. The maximum absolute atomic E-state index is 15.0. The van der Waals surface area contributed by atoms with Crippen molar-refractivity contribution in [2.45, 2.75) is 89.6 Å². The fourth-order valence-corrected chi connectivity index (χ4v) is 13.1. The minimum Gasteiger partial charge on any atom is -0.493 e. The lowest BCUT2D eigenvalue weighted by Gasteiger charge is -2.71. The smallest absolute Gasteiger partial charge is 0.416 e. The predicted molar refractivity (Wildman–Crippen MR) is 227 cm³/mol. The first-order chi connectivity index (χ1) is 29.0. The Morgan fingerprint density at radius 1 is 0.820 bits per heavy atom. The average Bonchev–Trinajstić information content (AvgIpc) is 3.52. The molecule has 3 saturated carbocycles. The molecule has 0 aliphatic heterocycles. The van der Waals surface area contributed by atoms with Crippen LogP contribution in [0.3, 0.4) is 0 Å². The molecule has 2 spiro atoms. The number of alkyl halides is 3. The van der Waals surface area contributed by atoms with Crippen molar-refractivity contribution in [2.24, 2.45) is 33.5 Å². The third-order valence-corrected chi connectivity index (χ3v) is 16.3. The number of carbonyl (C=O) groups excluding carboxylic acids is 2. The van der Waals surface area contributed by atoms with Crippen LogP contribution in [0, 0.1) is 33.5 Å². The van der Waals surface area contributed by atoms with Gasteiger partial charge in [-0.1, -0.05) is 92.7 Å². The Morgan fingerprint density at radius 2 is 1.52 bits per heavy atom. The van der Waals surface area contributed by atoms with E-state index in [1.165, 1.54) is 12.1 Å². The van der Waals surface area contributed by atoms with Crippen molar-refractivity contribution in [1.29, 1.82) is 0 Å². The van der Waals surface area contributed by atoms with Gasteiger partial charge in [-0.05, 0) is 108 Å². The molecule has 0 radical (unpaired) electrons. The molecule has 6 aliphatic rings. The van der Waals surface area contributed by atoms with Crippen LogP contribution >= 0.6 is 0 Å². The second kappa shape index (κ2) is 14.6. The summed E-state index contributed by atoms with van der Waals surface area (Å²) in [5.41, 5.74) is -2.75. The molecule has 2 N–H and O–H groups in total. The number of methoxy groups -OCH3 is 2. The quantitative estimate of drug-likeness (QED) is 0.122. The summed E-state index contributed by atoms with van der Waals surface area (Å²) in [6.45, 7) is 4.68. The van der Waals surface area contributed by atoms with Crippen LogP contribution in [0.4, 0.5) is 13.2 Å². The van der Waals surface area contributed by atoms with E-state index in [0.29, 0.717) is 55.6 Å². The third kappa shape index (κ3) is 6.29. The highest BCUT2D eigenvalue weighted by molar-refractivity contribution is 6.10. The number of hydrogen-bond donors (Lipinski definition) is 2. The number of Topliss-reactive ketones (excluding diaryl/α,β-unsaturated/α-hetero) is 1. The van der Waals surface area contributed by atoms with Crippen LogP contribution in [0.2, 0.25) is 0 Å². The summed E-state index contributed by atoms with van der Waals surface area (Å²) >= 11 is 0. The van der Waals surface area contributed by atoms with E-state index < -0.39 is 45.5 Å². The summed E-state index contributed by atoms with van der Waals surface area (Å²) < 4.78 is 53.2. The van der Waals surface area contributed by atoms with Gasteiger partial charge in [0.1, 0.15) is 0 Å². The Bertz CT molecular complexity index is 2470. The fraction of sp³-hybridized carbons (Fsp3) is 0.451. The highest BCUT2D eigenvalue weighted by atomic mass is 19.4. The SMILES string of the molecule is COc1ccc(CC(=O)N(Cc2cccc3ccccc23)CC2(O)CCC3C45C=CC6(C=C4C(=O)c4cccc(C(F)(F)F)c4)CC(O)CCC6(C)C5CCC32C)cc1OC.